The first-order chi connectivity index (χ1) is 17.2. The van der Waals surface area contributed by atoms with Gasteiger partial charge in [0.2, 0.25) is 5.91 Å². The van der Waals surface area contributed by atoms with Crippen LogP contribution in [0.3, 0.4) is 0 Å². The number of benzene rings is 2. The summed E-state index contributed by atoms with van der Waals surface area (Å²) < 4.78 is 6.31. The van der Waals surface area contributed by atoms with E-state index in [0.717, 1.165) is 70.0 Å². The minimum absolute atomic E-state index is 0.0643. The number of aliphatic hydroxyl groups excluding tert-OH is 1. The summed E-state index contributed by atoms with van der Waals surface area (Å²) in [5.74, 6) is 1.08. The van der Waals surface area contributed by atoms with Crippen molar-refractivity contribution < 1.29 is 14.6 Å². The summed E-state index contributed by atoms with van der Waals surface area (Å²) >= 11 is 0. The number of ether oxygens (including phenoxy) is 1. The second-order valence-electron chi connectivity index (χ2n) is 11.4. The molecule has 2 aliphatic heterocycles. The van der Waals surface area contributed by atoms with Crippen molar-refractivity contribution in [2.75, 3.05) is 39.3 Å². The van der Waals surface area contributed by atoms with Gasteiger partial charge in [-0.3, -0.25) is 14.6 Å². The van der Waals surface area contributed by atoms with Gasteiger partial charge in [-0.1, -0.05) is 63.2 Å². The van der Waals surface area contributed by atoms with Gasteiger partial charge in [0.05, 0.1) is 6.10 Å². The number of amides is 1. The predicted octanol–water partition coefficient (Wildman–Crippen LogP) is 4.05. The molecule has 6 heteroatoms. The fraction of sp³-hybridized carbons (Fsp3) is 0.567. The second kappa shape index (κ2) is 11.8. The Bertz CT molecular complexity index is 996. The lowest BCUT2D eigenvalue weighted by Crippen LogP contribution is -2.54. The van der Waals surface area contributed by atoms with Gasteiger partial charge in [0.25, 0.3) is 0 Å². The minimum atomic E-state index is -0.339. The summed E-state index contributed by atoms with van der Waals surface area (Å²) in [5.41, 5.74) is 3.74. The van der Waals surface area contributed by atoms with Crippen LogP contribution in [0.1, 0.15) is 57.2 Å². The van der Waals surface area contributed by atoms with Crippen LogP contribution < -0.4 is 4.74 Å². The number of piperazine rings is 1. The van der Waals surface area contributed by atoms with Crippen molar-refractivity contribution in [1.29, 1.82) is 0 Å². The largest absolute Gasteiger partial charge is 0.489 e. The van der Waals surface area contributed by atoms with Crippen LogP contribution in [0.2, 0.25) is 0 Å². The first-order valence-electron chi connectivity index (χ1n) is 13.4. The van der Waals surface area contributed by atoms with E-state index in [0.29, 0.717) is 6.61 Å². The van der Waals surface area contributed by atoms with Crippen LogP contribution in [0, 0.1) is 0 Å². The summed E-state index contributed by atoms with van der Waals surface area (Å²) in [6.07, 6.45) is 1.35. The number of rotatable bonds is 6. The lowest BCUT2D eigenvalue weighted by molar-refractivity contribution is -0.131. The lowest BCUT2D eigenvalue weighted by Gasteiger charge is -2.40. The van der Waals surface area contributed by atoms with Gasteiger partial charge in [0, 0.05) is 64.3 Å². The smallest absolute Gasteiger partial charge is 0.219 e. The van der Waals surface area contributed by atoms with Gasteiger partial charge in [0.15, 0.2) is 0 Å². The predicted molar refractivity (Wildman–Crippen MR) is 144 cm³/mol. The molecule has 1 amide bonds. The molecule has 196 valence electrons. The van der Waals surface area contributed by atoms with Gasteiger partial charge < -0.3 is 14.7 Å². The number of carbonyl (C=O) groups excluding carboxylic acids is 1. The van der Waals surface area contributed by atoms with Crippen LogP contribution in [0.15, 0.2) is 48.5 Å². The van der Waals surface area contributed by atoms with E-state index in [-0.39, 0.29) is 23.5 Å². The molecule has 0 aromatic heterocycles. The number of likely N-dealkylation sites (tertiary alicyclic amines) is 1. The van der Waals surface area contributed by atoms with Crippen LogP contribution in [0.25, 0.3) is 0 Å². The molecule has 2 saturated heterocycles. The molecule has 0 spiro atoms. The van der Waals surface area contributed by atoms with Crippen molar-refractivity contribution in [3.8, 4) is 5.75 Å². The van der Waals surface area contributed by atoms with Crippen LogP contribution in [0.5, 0.6) is 5.75 Å². The number of nitrogens with zero attached hydrogens (tertiary/aromatic N) is 3. The van der Waals surface area contributed by atoms with Crippen LogP contribution >= 0.6 is 0 Å². The number of hydrogen-bond acceptors (Lipinski definition) is 5. The van der Waals surface area contributed by atoms with Gasteiger partial charge >= 0.3 is 0 Å². The Labute approximate surface area is 216 Å². The third kappa shape index (κ3) is 6.87. The third-order valence-electron chi connectivity index (χ3n) is 7.71. The van der Waals surface area contributed by atoms with Crippen LogP contribution in [-0.2, 0) is 23.4 Å². The summed E-state index contributed by atoms with van der Waals surface area (Å²) in [6.45, 7) is 14.7. The van der Waals surface area contributed by atoms with Crippen molar-refractivity contribution in [2.24, 2.45) is 0 Å². The van der Waals surface area contributed by atoms with Gasteiger partial charge in [-0.2, -0.15) is 0 Å². The van der Waals surface area contributed by atoms with Crippen LogP contribution in [-0.4, -0.2) is 77.1 Å². The zero-order valence-corrected chi connectivity index (χ0v) is 22.4. The summed E-state index contributed by atoms with van der Waals surface area (Å²) in [6, 6.07) is 17.1. The Balaban J connectivity index is 1.44. The van der Waals surface area contributed by atoms with E-state index >= 15 is 0 Å². The number of hydrogen-bond donors (Lipinski definition) is 1. The zero-order chi connectivity index (χ0) is 25.7. The van der Waals surface area contributed by atoms with E-state index < -0.39 is 0 Å². The molecule has 2 aromatic carbocycles. The molecule has 0 saturated carbocycles. The molecule has 2 aromatic rings. The standard InChI is InChI=1S/C30H43N3O3/c1-23(34)32-16-18-33(19-17-32)27-12-14-31(15-13-28(27)35)21-25-20-26(30(2,3)4)10-11-29(25)36-22-24-8-6-5-7-9-24/h5-11,20,27-28,35H,12-19,21-22H2,1-4H3/t27-,28-/m0/s1. The highest BCUT2D eigenvalue weighted by Gasteiger charge is 2.32. The second-order valence-corrected chi connectivity index (χ2v) is 11.4. The topological polar surface area (TPSA) is 56.3 Å². The molecule has 0 bridgehead atoms. The van der Waals surface area contributed by atoms with E-state index in [4.69, 9.17) is 4.74 Å². The van der Waals surface area contributed by atoms with Gasteiger partial charge in [-0.05, 0) is 35.4 Å². The van der Waals surface area contributed by atoms with Crippen molar-refractivity contribution in [2.45, 2.75) is 71.2 Å². The Morgan fingerprint density at radius 2 is 1.67 bits per heavy atom. The van der Waals surface area contributed by atoms with Crippen molar-refractivity contribution >= 4 is 5.91 Å². The molecule has 1 N–H and O–H groups in total. The van der Waals surface area contributed by atoms with Crippen molar-refractivity contribution in [3.63, 3.8) is 0 Å². The average molecular weight is 494 g/mol. The van der Waals surface area contributed by atoms with Gasteiger partial charge in [-0.25, -0.2) is 0 Å². The fourth-order valence-corrected chi connectivity index (χ4v) is 5.37. The Kier molecular flexibility index (Phi) is 8.70. The molecule has 0 unspecified atom stereocenters. The minimum Gasteiger partial charge on any atom is -0.489 e. The van der Waals surface area contributed by atoms with E-state index in [9.17, 15) is 9.90 Å². The molecule has 2 fully saturated rings. The first-order valence-corrected chi connectivity index (χ1v) is 13.4. The average Bonchev–Trinajstić information content (AvgIpc) is 3.04. The molecule has 4 rings (SSSR count). The summed E-state index contributed by atoms with van der Waals surface area (Å²) in [7, 11) is 0. The maximum absolute atomic E-state index is 11.7. The monoisotopic (exact) mass is 493 g/mol. The SMILES string of the molecule is CC(=O)N1CCN([C@H]2CCN(Cc3cc(C(C)(C)C)ccc3OCc3ccccc3)CC[C@@H]2O)CC1. The molecule has 36 heavy (non-hydrogen) atoms. The van der Waals surface area contributed by atoms with Crippen LogP contribution in [0.4, 0.5) is 0 Å². The number of carbonyl (C=O) groups is 1. The molecule has 0 radical (unpaired) electrons. The van der Waals surface area contributed by atoms with Gasteiger partial charge in [0.1, 0.15) is 12.4 Å². The van der Waals surface area contributed by atoms with E-state index in [1.807, 2.05) is 23.1 Å². The summed E-state index contributed by atoms with van der Waals surface area (Å²) in [4.78, 5) is 18.5. The molecule has 6 nitrogen and oxygen atoms in total. The molecule has 2 heterocycles. The van der Waals surface area contributed by atoms with Gasteiger partial charge in [-0.15, -0.1) is 0 Å². The van der Waals surface area contributed by atoms with E-state index in [1.165, 1.54) is 11.1 Å². The summed E-state index contributed by atoms with van der Waals surface area (Å²) in [5, 5.41) is 11.0. The quantitative estimate of drug-likeness (QED) is 0.658. The van der Waals surface area contributed by atoms with E-state index in [1.54, 1.807) is 6.92 Å². The Morgan fingerprint density at radius 1 is 0.972 bits per heavy atom. The molecular formula is C30H43N3O3. The fourth-order valence-electron chi connectivity index (χ4n) is 5.37. The van der Waals surface area contributed by atoms with Crippen molar-refractivity contribution in [1.82, 2.24) is 14.7 Å². The normalized spacial score (nSPS) is 22.3. The molecule has 2 aliphatic rings. The molecule has 0 aliphatic carbocycles. The lowest BCUT2D eigenvalue weighted by atomic mass is 9.86. The maximum Gasteiger partial charge on any atom is 0.219 e. The Morgan fingerprint density at radius 3 is 2.33 bits per heavy atom. The highest BCUT2D eigenvalue weighted by Crippen LogP contribution is 2.30. The highest BCUT2D eigenvalue weighted by atomic mass is 16.5. The van der Waals surface area contributed by atoms with E-state index in [2.05, 4.69) is 60.9 Å². The highest BCUT2D eigenvalue weighted by molar-refractivity contribution is 5.73. The first kappa shape index (κ1) is 26.6. The molecular weight excluding hydrogens is 450 g/mol. The maximum atomic E-state index is 11.7. The van der Waals surface area contributed by atoms with Crippen molar-refractivity contribution in [3.05, 3.63) is 65.2 Å². The third-order valence-corrected chi connectivity index (χ3v) is 7.71. The molecule has 2 atom stereocenters. The number of aliphatic hydroxyl groups is 1. The zero-order valence-electron chi connectivity index (χ0n) is 22.4. The Hall–Kier alpha value is -2.41.